The van der Waals surface area contributed by atoms with Crippen LogP contribution in [-0.2, 0) is 9.59 Å². The van der Waals surface area contributed by atoms with Gasteiger partial charge in [-0.25, -0.2) is 0 Å². The molecule has 1 atom stereocenters. The molecule has 1 aromatic rings. The number of aryl methyl sites for hydroxylation is 1. The highest BCUT2D eigenvalue weighted by molar-refractivity contribution is 5.89. The Morgan fingerprint density at radius 3 is 2.52 bits per heavy atom. The topological polar surface area (TPSA) is 58.6 Å². The molecule has 1 heterocycles. The van der Waals surface area contributed by atoms with E-state index in [-0.39, 0.29) is 30.5 Å². The normalized spacial score (nSPS) is 21.2. The van der Waals surface area contributed by atoms with E-state index in [1.54, 1.807) is 4.90 Å². The molecule has 1 N–H and O–H groups in total. The van der Waals surface area contributed by atoms with Gasteiger partial charge in [0.2, 0.25) is 5.91 Å². The van der Waals surface area contributed by atoms with E-state index in [4.69, 9.17) is 4.74 Å². The Morgan fingerprint density at radius 2 is 1.80 bits per heavy atom. The zero-order valence-electron chi connectivity index (χ0n) is 15.0. The first-order valence-electron chi connectivity index (χ1n) is 9.43. The van der Waals surface area contributed by atoms with E-state index in [0.29, 0.717) is 12.3 Å². The van der Waals surface area contributed by atoms with Gasteiger partial charge in [0.05, 0.1) is 0 Å². The predicted octanol–water partition coefficient (Wildman–Crippen LogP) is 2.81. The van der Waals surface area contributed by atoms with E-state index in [0.717, 1.165) is 31.2 Å². The fraction of sp³-hybridized carbons (Fsp3) is 0.600. The van der Waals surface area contributed by atoms with Crippen LogP contribution in [0.1, 0.15) is 50.5 Å². The van der Waals surface area contributed by atoms with Gasteiger partial charge in [-0.2, -0.15) is 0 Å². The van der Waals surface area contributed by atoms with Crippen LogP contribution in [0.2, 0.25) is 0 Å². The van der Waals surface area contributed by atoms with Crippen molar-refractivity contribution >= 4 is 11.8 Å². The van der Waals surface area contributed by atoms with Gasteiger partial charge in [-0.1, -0.05) is 37.0 Å². The van der Waals surface area contributed by atoms with E-state index >= 15 is 0 Å². The van der Waals surface area contributed by atoms with E-state index in [1.165, 1.54) is 19.3 Å². The SMILES string of the molecule is Cc1ccc(OCC(=O)N2CCC[C@@H]2C(=O)NC2CCCCC2)cc1. The van der Waals surface area contributed by atoms with Crippen LogP contribution < -0.4 is 10.1 Å². The van der Waals surface area contributed by atoms with Crippen molar-refractivity contribution < 1.29 is 14.3 Å². The van der Waals surface area contributed by atoms with Crippen molar-refractivity contribution in [2.24, 2.45) is 0 Å². The number of ether oxygens (including phenoxy) is 1. The maximum Gasteiger partial charge on any atom is 0.261 e. The van der Waals surface area contributed by atoms with E-state index < -0.39 is 0 Å². The molecule has 2 amide bonds. The molecule has 0 bridgehead atoms. The highest BCUT2D eigenvalue weighted by Crippen LogP contribution is 2.21. The fourth-order valence-electron chi connectivity index (χ4n) is 3.74. The number of carbonyl (C=O) groups excluding carboxylic acids is 2. The molecule has 1 aliphatic carbocycles. The number of amides is 2. The molecule has 0 radical (unpaired) electrons. The third kappa shape index (κ3) is 4.74. The van der Waals surface area contributed by atoms with Gasteiger partial charge in [0.25, 0.3) is 5.91 Å². The number of hydrogen-bond acceptors (Lipinski definition) is 3. The van der Waals surface area contributed by atoms with Crippen molar-refractivity contribution in [3.8, 4) is 5.75 Å². The number of nitrogens with one attached hydrogen (secondary N) is 1. The summed E-state index contributed by atoms with van der Waals surface area (Å²) in [4.78, 5) is 26.8. The van der Waals surface area contributed by atoms with E-state index in [9.17, 15) is 9.59 Å². The Kier molecular flexibility index (Phi) is 5.95. The van der Waals surface area contributed by atoms with Crippen molar-refractivity contribution in [1.29, 1.82) is 0 Å². The van der Waals surface area contributed by atoms with Crippen molar-refractivity contribution in [3.63, 3.8) is 0 Å². The summed E-state index contributed by atoms with van der Waals surface area (Å²) in [5.74, 6) is 0.580. The second kappa shape index (κ2) is 8.37. The van der Waals surface area contributed by atoms with Gasteiger partial charge in [-0.3, -0.25) is 9.59 Å². The minimum atomic E-state index is -0.337. The Labute approximate surface area is 149 Å². The Hall–Kier alpha value is -2.04. The van der Waals surface area contributed by atoms with Gasteiger partial charge in [-0.15, -0.1) is 0 Å². The molecule has 3 rings (SSSR count). The van der Waals surface area contributed by atoms with Crippen molar-refractivity contribution in [1.82, 2.24) is 10.2 Å². The zero-order valence-corrected chi connectivity index (χ0v) is 15.0. The summed E-state index contributed by atoms with van der Waals surface area (Å²) < 4.78 is 5.59. The summed E-state index contributed by atoms with van der Waals surface area (Å²) in [5.41, 5.74) is 1.15. The Morgan fingerprint density at radius 1 is 1.08 bits per heavy atom. The zero-order chi connectivity index (χ0) is 17.6. The molecule has 1 saturated heterocycles. The van der Waals surface area contributed by atoms with Crippen molar-refractivity contribution in [2.75, 3.05) is 13.2 Å². The van der Waals surface area contributed by atoms with Crippen LogP contribution in [0.3, 0.4) is 0 Å². The molecule has 1 aromatic carbocycles. The molecule has 0 unspecified atom stereocenters. The van der Waals surface area contributed by atoms with Crippen molar-refractivity contribution in [2.45, 2.75) is 64.0 Å². The Bertz CT molecular complexity index is 593. The van der Waals surface area contributed by atoms with Crippen LogP contribution in [0.15, 0.2) is 24.3 Å². The summed E-state index contributed by atoms with van der Waals surface area (Å²) in [6, 6.07) is 7.57. The van der Waals surface area contributed by atoms with Gasteiger partial charge in [0.1, 0.15) is 11.8 Å². The van der Waals surface area contributed by atoms with Crippen LogP contribution in [0, 0.1) is 6.92 Å². The number of benzene rings is 1. The molecule has 25 heavy (non-hydrogen) atoms. The van der Waals surface area contributed by atoms with Crippen LogP contribution in [0.5, 0.6) is 5.75 Å². The average molecular weight is 344 g/mol. The number of carbonyl (C=O) groups is 2. The molecule has 1 aliphatic heterocycles. The number of nitrogens with zero attached hydrogens (tertiary/aromatic N) is 1. The summed E-state index contributed by atoms with van der Waals surface area (Å²) >= 11 is 0. The standard InChI is InChI=1S/C20H28N2O3/c1-15-9-11-17(12-10-15)25-14-19(23)22-13-5-8-18(22)20(24)21-16-6-3-2-4-7-16/h9-12,16,18H,2-8,13-14H2,1H3,(H,21,24)/t18-/m1/s1. The number of hydrogen-bond donors (Lipinski definition) is 1. The lowest BCUT2D eigenvalue weighted by Crippen LogP contribution is -2.50. The highest BCUT2D eigenvalue weighted by Gasteiger charge is 2.35. The fourth-order valence-corrected chi connectivity index (χ4v) is 3.74. The maximum atomic E-state index is 12.6. The first kappa shape index (κ1) is 17.8. The largest absolute Gasteiger partial charge is 0.484 e. The van der Waals surface area contributed by atoms with Gasteiger partial charge in [0.15, 0.2) is 6.61 Å². The molecule has 5 heteroatoms. The third-order valence-electron chi connectivity index (χ3n) is 5.21. The van der Waals surface area contributed by atoms with Crippen LogP contribution >= 0.6 is 0 Å². The molecule has 2 aliphatic rings. The lowest BCUT2D eigenvalue weighted by atomic mass is 9.95. The number of rotatable bonds is 5. The molecular weight excluding hydrogens is 316 g/mol. The van der Waals surface area contributed by atoms with Gasteiger partial charge in [-0.05, 0) is 44.7 Å². The second-order valence-corrected chi connectivity index (χ2v) is 7.19. The molecule has 136 valence electrons. The minimum absolute atomic E-state index is 0.00749. The number of likely N-dealkylation sites (tertiary alicyclic amines) is 1. The minimum Gasteiger partial charge on any atom is -0.484 e. The quantitative estimate of drug-likeness (QED) is 0.893. The summed E-state index contributed by atoms with van der Waals surface area (Å²) in [6.45, 7) is 2.63. The highest BCUT2D eigenvalue weighted by atomic mass is 16.5. The molecular formula is C20H28N2O3. The van der Waals surface area contributed by atoms with Crippen LogP contribution in [0.4, 0.5) is 0 Å². The average Bonchev–Trinajstić information content (AvgIpc) is 3.12. The first-order chi connectivity index (χ1) is 12.1. The van der Waals surface area contributed by atoms with Crippen LogP contribution in [0.25, 0.3) is 0 Å². The summed E-state index contributed by atoms with van der Waals surface area (Å²) in [5, 5.41) is 3.15. The molecule has 5 nitrogen and oxygen atoms in total. The third-order valence-corrected chi connectivity index (χ3v) is 5.21. The predicted molar refractivity (Wildman–Crippen MR) is 96.4 cm³/mol. The van der Waals surface area contributed by atoms with Gasteiger partial charge < -0.3 is 15.0 Å². The molecule has 0 aromatic heterocycles. The smallest absolute Gasteiger partial charge is 0.261 e. The molecule has 2 fully saturated rings. The van der Waals surface area contributed by atoms with Crippen molar-refractivity contribution in [3.05, 3.63) is 29.8 Å². The summed E-state index contributed by atoms with van der Waals surface area (Å²) in [6.07, 6.45) is 7.36. The van der Waals surface area contributed by atoms with Gasteiger partial charge in [0, 0.05) is 12.6 Å². The monoisotopic (exact) mass is 344 g/mol. The van der Waals surface area contributed by atoms with E-state index in [2.05, 4.69) is 5.32 Å². The van der Waals surface area contributed by atoms with Gasteiger partial charge >= 0.3 is 0 Å². The van der Waals surface area contributed by atoms with E-state index in [1.807, 2.05) is 31.2 Å². The lowest BCUT2D eigenvalue weighted by molar-refractivity contribution is -0.140. The van der Waals surface area contributed by atoms with Crippen LogP contribution in [-0.4, -0.2) is 41.9 Å². The summed E-state index contributed by atoms with van der Waals surface area (Å²) in [7, 11) is 0. The molecule has 1 saturated carbocycles. The first-order valence-corrected chi connectivity index (χ1v) is 9.43. The Balaban J connectivity index is 1.51. The second-order valence-electron chi connectivity index (χ2n) is 7.19. The molecule has 0 spiro atoms. The maximum absolute atomic E-state index is 12.6. The lowest BCUT2D eigenvalue weighted by Gasteiger charge is -2.28.